The monoisotopic (exact) mass is 364 g/mol. The van der Waals surface area contributed by atoms with Crippen LogP contribution in [0.25, 0.3) is 5.78 Å². The van der Waals surface area contributed by atoms with Gasteiger partial charge in [0.2, 0.25) is 5.91 Å². The van der Waals surface area contributed by atoms with E-state index in [1.54, 1.807) is 28.8 Å². The third-order valence-corrected chi connectivity index (χ3v) is 4.65. The van der Waals surface area contributed by atoms with E-state index in [9.17, 15) is 9.59 Å². The number of nitrogens with zero attached hydrogens (tertiary/aromatic N) is 4. The summed E-state index contributed by atoms with van der Waals surface area (Å²) in [5.41, 5.74) is 3.53. The summed E-state index contributed by atoms with van der Waals surface area (Å²) in [6, 6.07) is 7.25. The normalized spacial score (nSPS) is 13.6. The van der Waals surface area contributed by atoms with Gasteiger partial charge in [0.05, 0.1) is 6.42 Å². The highest BCUT2D eigenvalue weighted by atomic mass is 16.2. The molecule has 2 heterocycles. The minimum Gasteiger partial charge on any atom is -0.349 e. The molecule has 3 aromatic rings. The van der Waals surface area contributed by atoms with Gasteiger partial charge in [-0.3, -0.25) is 9.59 Å². The van der Waals surface area contributed by atoms with Crippen molar-refractivity contribution >= 4 is 23.3 Å². The van der Waals surface area contributed by atoms with E-state index >= 15 is 0 Å². The summed E-state index contributed by atoms with van der Waals surface area (Å²) in [6.07, 6.45) is 3.67. The van der Waals surface area contributed by atoms with Crippen LogP contribution in [0.15, 0.2) is 30.6 Å². The van der Waals surface area contributed by atoms with Crippen molar-refractivity contribution in [3.63, 3.8) is 0 Å². The third-order valence-electron chi connectivity index (χ3n) is 4.65. The molecule has 8 nitrogen and oxygen atoms in total. The van der Waals surface area contributed by atoms with Crippen LogP contribution in [-0.2, 0) is 11.2 Å². The maximum atomic E-state index is 12.5. The zero-order valence-electron chi connectivity index (χ0n) is 15.2. The Bertz CT molecular complexity index is 1040. The number of hydrogen-bond acceptors (Lipinski definition) is 5. The van der Waals surface area contributed by atoms with Gasteiger partial charge in [-0.15, -0.1) is 0 Å². The van der Waals surface area contributed by atoms with Gasteiger partial charge in [-0.1, -0.05) is 6.07 Å². The number of carbonyl (C=O) groups excluding carboxylic acids is 2. The maximum Gasteiger partial charge on any atom is 0.252 e. The predicted molar refractivity (Wildman–Crippen MR) is 99.5 cm³/mol. The Morgan fingerprint density at radius 2 is 2.07 bits per heavy atom. The fourth-order valence-electron chi connectivity index (χ4n) is 3.01. The fourth-order valence-corrected chi connectivity index (χ4v) is 3.01. The summed E-state index contributed by atoms with van der Waals surface area (Å²) >= 11 is 0. The Labute approximate surface area is 156 Å². The number of carbonyl (C=O) groups is 2. The van der Waals surface area contributed by atoms with Crippen LogP contribution in [0.2, 0.25) is 0 Å². The van der Waals surface area contributed by atoms with Crippen LogP contribution in [0.5, 0.6) is 0 Å². The van der Waals surface area contributed by atoms with Crippen LogP contribution in [-0.4, -0.2) is 37.4 Å². The lowest BCUT2D eigenvalue weighted by Gasteiger charge is -2.11. The van der Waals surface area contributed by atoms with E-state index in [-0.39, 0.29) is 18.2 Å². The number of fused-ring (bicyclic) bond motifs is 1. The van der Waals surface area contributed by atoms with Crippen molar-refractivity contribution in [3.05, 3.63) is 53.1 Å². The number of anilines is 1. The van der Waals surface area contributed by atoms with Crippen LogP contribution in [0.1, 0.15) is 40.2 Å². The summed E-state index contributed by atoms with van der Waals surface area (Å²) in [4.78, 5) is 33.2. The molecule has 0 aliphatic heterocycles. The molecular formula is C19H20N6O2. The Morgan fingerprint density at radius 1 is 1.26 bits per heavy atom. The molecule has 2 amide bonds. The molecule has 0 spiro atoms. The number of rotatable bonds is 5. The van der Waals surface area contributed by atoms with Crippen molar-refractivity contribution in [3.8, 4) is 0 Å². The Hall–Kier alpha value is -3.29. The number of nitrogens with one attached hydrogen (secondary N) is 2. The summed E-state index contributed by atoms with van der Waals surface area (Å²) in [5.74, 6) is 0.229. The first kappa shape index (κ1) is 17.1. The first-order chi connectivity index (χ1) is 13.0. The van der Waals surface area contributed by atoms with Crippen molar-refractivity contribution in [1.29, 1.82) is 0 Å². The van der Waals surface area contributed by atoms with Gasteiger partial charge < -0.3 is 10.6 Å². The second-order valence-corrected chi connectivity index (χ2v) is 6.79. The molecule has 1 aliphatic carbocycles. The van der Waals surface area contributed by atoms with E-state index in [4.69, 9.17) is 0 Å². The minimum absolute atomic E-state index is 0.110. The highest BCUT2D eigenvalue weighted by Gasteiger charge is 2.24. The molecule has 1 saturated carbocycles. The molecule has 0 bridgehead atoms. The molecule has 0 saturated heterocycles. The molecule has 2 N–H and O–H groups in total. The first-order valence-corrected chi connectivity index (χ1v) is 8.88. The summed E-state index contributed by atoms with van der Waals surface area (Å²) < 4.78 is 1.62. The van der Waals surface area contributed by atoms with Crippen LogP contribution in [0.4, 0.5) is 5.69 Å². The molecule has 8 heteroatoms. The van der Waals surface area contributed by atoms with E-state index in [2.05, 4.69) is 25.7 Å². The lowest BCUT2D eigenvalue weighted by atomic mass is 10.1. The largest absolute Gasteiger partial charge is 0.349 e. The van der Waals surface area contributed by atoms with Crippen molar-refractivity contribution in [1.82, 2.24) is 24.9 Å². The van der Waals surface area contributed by atoms with Gasteiger partial charge in [0.15, 0.2) is 0 Å². The molecule has 0 atom stereocenters. The average Bonchev–Trinajstić information content (AvgIpc) is 3.33. The molecule has 0 radical (unpaired) electrons. The molecule has 2 aromatic heterocycles. The topological polar surface area (TPSA) is 101 Å². The lowest BCUT2D eigenvalue weighted by molar-refractivity contribution is -0.115. The second-order valence-electron chi connectivity index (χ2n) is 6.79. The number of aromatic nitrogens is 4. The van der Waals surface area contributed by atoms with E-state index in [0.29, 0.717) is 23.1 Å². The van der Waals surface area contributed by atoms with Crippen molar-refractivity contribution < 1.29 is 9.59 Å². The van der Waals surface area contributed by atoms with Crippen LogP contribution >= 0.6 is 0 Å². The first-order valence-electron chi connectivity index (χ1n) is 8.88. The smallest absolute Gasteiger partial charge is 0.252 e. The number of aryl methyl sites for hydroxylation is 2. The van der Waals surface area contributed by atoms with Gasteiger partial charge in [0.1, 0.15) is 6.33 Å². The van der Waals surface area contributed by atoms with Crippen LogP contribution in [0, 0.1) is 13.8 Å². The molecule has 27 heavy (non-hydrogen) atoms. The zero-order valence-corrected chi connectivity index (χ0v) is 15.2. The molecule has 1 aromatic carbocycles. The van der Waals surface area contributed by atoms with Gasteiger partial charge in [-0.05, 0) is 44.9 Å². The number of hydrogen-bond donors (Lipinski definition) is 2. The zero-order chi connectivity index (χ0) is 19.0. The Kier molecular flexibility index (Phi) is 4.31. The SMILES string of the molecule is Cc1nc2ncnn2c(C)c1CC(=O)Nc1cccc(C(=O)NC2CC2)c1. The van der Waals surface area contributed by atoms with E-state index < -0.39 is 0 Å². The summed E-state index contributed by atoms with van der Waals surface area (Å²) in [6.45, 7) is 3.74. The van der Waals surface area contributed by atoms with Gasteiger partial charge in [-0.25, -0.2) is 9.50 Å². The van der Waals surface area contributed by atoms with Gasteiger partial charge in [-0.2, -0.15) is 10.1 Å². The lowest BCUT2D eigenvalue weighted by Crippen LogP contribution is -2.25. The number of benzene rings is 1. The minimum atomic E-state index is -0.179. The second kappa shape index (κ2) is 6.79. The van der Waals surface area contributed by atoms with Crippen LogP contribution < -0.4 is 10.6 Å². The van der Waals surface area contributed by atoms with Gasteiger partial charge in [0, 0.05) is 34.2 Å². The maximum absolute atomic E-state index is 12.5. The average molecular weight is 364 g/mol. The molecule has 1 fully saturated rings. The standard InChI is InChI=1S/C19H20N6O2/c1-11-16(12(2)25-19(22-11)20-10-21-25)9-17(26)23-15-5-3-4-13(8-15)18(27)24-14-6-7-14/h3-5,8,10,14H,6-7,9H2,1-2H3,(H,23,26)(H,24,27). The molecule has 0 unspecified atom stereocenters. The molecule has 1 aliphatic rings. The fraction of sp³-hybridized carbons (Fsp3) is 0.316. The van der Waals surface area contributed by atoms with E-state index in [1.165, 1.54) is 6.33 Å². The Balaban J connectivity index is 1.49. The van der Waals surface area contributed by atoms with Crippen molar-refractivity contribution in [2.75, 3.05) is 5.32 Å². The highest BCUT2D eigenvalue weighted by molar-refractivity contribution is 5.97. The third kappa shape index (κ3) is 3.64. The number of amides is 2. The molecule has 138 valence electrons. The molecular weight excluding hydrogens is 344 g/mol. The Morgan fingerprint density at radius 3 is 2.85 bits per heavy atom. The molecule has 4 rings (SSSR count). The highest BCUT2D eigenvalue weighted by Crippen LogP contribution is 2.20. The van der Waals surface area contributed by atoms with Gasteiger partial charge >= 0.3 is 0 Å². The predicted octanol–water partition coefficient (Wildman–Crippen LogP) is 1.81. The quantitative estimate of drug-likeness (QED) is 0.719. The van der Waals surface area contributed by atoms with Gasteiger partial charge in [0.25, 0.3) is 11.7 Å². The van der Waals surface area contributed by atoms with E-state index in [0.717, 1.165) is 29.8 Å². The van der Waals surface area contributed by atoms with Crippen LogP contribution in [0.3, 0.4) is 0 Å². The van der Waals surface area contributed by atoms with Crippen molar-refractivity contribution in [2.45, 2.75) is 39.2 Å². The summed E-state index contributed by atoms with van der Waals surface area (Å²) in [5, 5.41) is 9.94. The summed E-state index contributed by atoms with van der Waals surface area (Å²) in [7, 11) is 0. The van der Waals surface area contributed by atoms with E-state index in [1.807, 2.05) is 13.8 Å². The van der Waals surface area contributed by atoms with Crippen molar-refractivity contribution in [2.24, 2.45) is 0 Å².